The first kappa shape index (κ1) is 8.31. The highest BCUT2D eigenvalue weighted by Crippen LogP contribution is 2.18. The third kappa shape index (κ3) is 1.45. The molecule has 2 aromatic rings. The summed E-state index contributed by atoms with van der Waals surface area (Å²) in [5.74, 6) is 0. The van der Waals surface area contributed by atoms with E-state index in [1.807, 2.05) is 6.92 Å². The lowest BCUT2D eigenvalue weighted by Gasteiger charge is -1.97. The fourth-order valence-corrected chi connectivity index (χ4v) is 1.29. The van der Waals surface area contributed by atoms with Crippen molar-refractivity contribution in [2.24, 2.45) is 0 Å². The van der Waals surface area contributed by atoms with Gasteiger partial charge in [-0.2, -0.15) is 0 Å². The second-order valence-corrected chi connectivity index (χ2v) is 2.84. The molecule has 13 heavy (non-hydrogen) atoms. The third-order valence-electron chi connectivity index (χ3n) is 1.63. The molecule has 0 spiro atoms. The van der Waals surface area contributed by atoms with E-state index in [9.17, 15) is 0 Å². The van der Waals surface area contributed by atoms with E-state index in [0.29, 0.717) is 11.8 Å². The molecule has 0 unspecified atom stereocenters. The van der Waals surface area contributed by atoms with Crippen LogP contribution in [0.25, 0.3) is 10.9 Å². The predicted octanol–water partition coefficient (Wildman–Crippen LogP) is 1.53. The van der Waals surface area contributed by atoms with E-state index in [1.54, 1.807) is 18.5 Å². The van der Waals surface area contributed by atoms with E-state index in [1.165, 1.54) is 4.85 Å². The van der Waals surface area contributed by atoms with Crippen molar-refractivity contribution in [3.8, 4) is 0 Å². The molecule has 68 valence electrons. The molecule has 2 heterocycles. The standard InChI is InChI=1S/C8H8ClN3O/c1-2-13-12-5-6-7(11-12)3-4-10-8(6)9/h3-5H,2H2,1H3. The maximum Gasteiger partial charge on any atom is 0.140 e. The van der Waals surface area contributed by atoms with Crippen molar-refractivity contribution in [3.63, 3.8) is 0 Å². The van der Waals surface area contributed by atoms with Gasteiger partial charge in [-0.05, 0) is 13.0 Å². The van der Waals surface area contributed by atoms with Crippen LogP contribution in [0.2, 0.25) is 5.15 Å². The van der Waals surface area contributed by atoms with Crippen molar-refractivity contribution < 1.29 is 4.84 Å². The molecule has 0 amide bonds. The molecular formula is C8H8ClN3O. The highest BCUT2D eigenvalue weighted by molar-refractivity contribution is 6.34. The molecule has 0 saturated carbocycles. The Morgan fingerprint density at radius 3 is 3.15 bits per heavy atom. The molecule has 0 radical (unpaired) electrons. The molecule has 5 heteroatoms. The summed E-state index contributed by atoms with van der Waals surface area (Å²) in [4.78, 5) is 10.5. The summed E-state index contributed by atoms with van der Waals surface area (Å²) in [6.45, 7) is 2.46. The Kier molecular flexibility index (Phi) is 2.06. The minimum absolute atomic E-state index is 0.448. The fourth-order valence-electron chi connectivity index (χ4n) is 1.09. The first-order valence-electron chi connectivity index (χ1n) is 3.94. The minimum Gasteiger partial charge on any atom is -0.397 e. The maximum absolute atomic E-state index is 5.85. The van der Waals surface area contributed by atoms with Crippen LogP contribution in [0.5, 0.6) is 0 Å². The lowest BCUT2D eigenvalue weighted by molar-refractivity contribution is 0.0944. The lowest BCUT2D eigenvalue weighted by atomic mass is 10.3. The number of halogens is 1. The van der Waals surface area contributed by atoms with Gasteiger partial charge in [0, 0.05) is 6.20 Å². The fraction of sp³-hybridized carbons (Fsp3) is 0.250. The van der Waals surface area contributed by atoms with Gasteiger partial charge in [0.1, 0.15) is 17.3 Å². The molecule has 2 aromatic heterocycles. The smallest absolute Gasteiger partial charge is 0.140 e. The summed E-state index contributed by atoms with van der Waals surface area (Å²) >= 11 is 5.85. The van der Waals surface area contributed by atoms with Crippen LogP contribution < -0.4 is 4.84 Å². The molecule has 0 bridgehead atoms. The van der Waals surface area contributed by atoms with Crippen LogP contribution in [-0.4, -0.2) is 21.5 Å². The number of fused-ring (bicyclic) bond motifs is 1. The van der Waals surface area contributed by atoms with Crippen LogP contribution in [0, 0.1) is 0 Å². The van der Waals surface area contributed by atoms with Crippen LogP contribution in [0.4, 0.5) is 0 Å². The minimum atomic E-state index is 0.448. The van der Waals surface area contributed by atoms with Crippen molar-refractivity contribution >= 4 is 22.5 Å². The zero-order valence-corrected chi connectivity index (χ0v) is 7.82. The number of hydrogen-bond donors (Lipinski definition) is 0. The summed E-state index contributed by atoms with van der Waals surface area (Å²) in [6.07, 6.45) is 3.34. The van der Waals surface area contributed by atoms with Gasteiger partial charge >= 0.3 is 0 Å². The summed E-state index contributed by atoms with van der Waals surface area (Å²) in [7, 11) is 0. The number of hydrogen-bond acceptors (Lipinski definition) is 3. The molecule has 4 nitrogen and oxygen atoms in total. The van der Waals surface area contributed by atoms with Crippen molar-refractivity contribution in [2.45, 2.75) is 6.92 Å². The summed E-state index contributed by atoms with van der Waals surface area (Å²) in [5.41, 5.74) is 0.786. The number of nitrogens with zero attached hydrogens (tertiary/aromatic N) is 3. The van der Waals surface area contributed by atoms with Gasteiger partial charge in [-0.3, -0.25) is 0 Å². The van der Waals surface area contributed by atoms with E-state index < -0.39 is 0 Å². The van der Waals surface area contributed by atoms with Gasteiger partial charge in [0.25, 0.3) is 0 Å². The van der Waals surface area contributed by atoms with Crippen molar-refractivity contribution in [1.82, 2.24) is 14.9 Å². The Morgan fingerprint density at radius 1 is 1.62 bits per heavy atom. The molecule has 0 aliphatic carbocycles. The zero-order valence-electron chi connectivity index (χ0n) is 7.07. The molecule has 0 atom stereocenters. The predicted molar refractivity (Wildman–Crippen MR) is 49.7 cm³/mol. The van der Waals surface area contributed by atoms with Crippen LogP contribution in [0.3, 0.4) is 0 Å². The van der Waals surface area contributed by atoms with Crippen molar-refractivity contribution in [3.05, 3.63) is 23.6 Å². The molecule has 0 fully saturated rings. The normalized spacial score (nSPS) is 10.6. The largest absolute Gasteiger partial charge is 0.397 e. The third-order valence-corrected chi connectivity index (χ3v) is 1.93. The van der Waals surface area contributed by atoms with Gasteiger partial charge in [0.15, 0.2) is 0 Å². The summed E-state index contributed by atoms with van der Waals surface area (Å²) in [6, 6.07) is 1.79. The molecular weight excluding hydrogens is 190 g/mol. The average Bonchev–Trinajstić information content (AvgIpc) is 2.49. The van der Waals surface area contributed by atoms with Crippen molar-refractivity contribution in [1.29, 1.82) is 0 Å². The molecule has 0 aromatic carbocycles. The maximum atomic E-state index is 5.85. The Labute approximate surface area is 80.0 Å². The topological polar surface area (TPSA) is 39.9 Å². The Morgan fingerprint density at radius 2 is 2.46 bits per heavy atom. The highest BCUT2D eigenvalue weighted by Gasteiger charge is 2.04. The summed E-state index contributed by atoms with van der Waals surface area (Å²) < 4.78 is 0. The van der Waals surface area contributed by atoms with Crippen LogP contribution in [-0.2, 0) is 0 Å². The van der Waals surface area contributed by atoms with Crippen LogP contribution in [0.15, 0.2) is 18.5 Å². The van der Waals surface area contributed by atoms with E-state index in [0.717, 1.165) is 10.9 Å². The second kappa shape index (κ2) is 3.22. The van der Waals surface area contributed by atoms with Gasteiger partial charge in [0.2, 0.25) is 0 Å². The molecule has 0 N–H and O–H groups in total. The van der Waals surface area contributed by atoms with Gasteiger partial charge < -0.3 is 4.84 Å². The van der Waals surface area contributed by atoms with E-state index in [-0.39, 0.29) is 0 Å². The molecule has 0 aliphatic heterocycles. The second-order valence-electron chi connectivity index (χ2n) is 2.48. The first-order valence-corrected chi connectivity index (χ1v) is 4.32. The zero-order chi connectivity index (χ0) is 9.26. The van der Waals surface area contributed by atoms with E-state index in [2.05, 4.69) is 10.1 Å². The quantitative estimate of drug-likeness (QED) is 0.686. The number of pyridine rings is 1. The monoisotopic (exact) mass is 197 g/mol. The first-order chi connectivity index (χ1) is 6.31. The van der Waals surface area contributed by atoms with E-state index >= 15 is 0 Å². The average molecular weight is 198 g/mol. The van der Waals surface area contributed by atoms with E-state index in [4.69, 9.17) is 16.4 Å². The van der Waals surface area contributed by atoms with Crippen molar-refractivity contribution in [2.75, 3.05) is 6.61 Å². The highest BCUT2D eigenvalue weighted by atomic mass is 35.5. The molecule has 2 rings (SSSR count). The van der Waals surface area contributed by atoms with Gasteiger partial charge in [-0.1, -0.05) is 11.6 Å². The molecule has 0 saturated heterocycles. The molecule has 0 aliphatic rings. The Balaban J connectivity index is 2.55. The van der Waals surface area contributed by atoms with Gasteiger partial charge in [-0.25, -0.2) is 4.98 Å². The Hall–Kier alpha value is -1.29. The number of rotatable bonds is 2. The summed E-state index contributed by atoms with van der Waals surface area (Å²) in [5, 5.41) is 5.38. The van der Waals surface area contributed by atoms with Crippen LogP contribution >= 0.6 is 11.6 Å². The SMILES string of the molecule is CCOn1cc2c(Cl)nccc2n1. The van der Waals surface area contributed by atoms with Gasteiger partial charge in [-0.15, -0.1) is 9.94 Å². The lowest BCUT2D eigenvalue weighted by Crippen LogP contribution is -2.10. The number of aromatic nitrogens is 3. The Bertz CT molecular complexity index is 426. The van der Waals surface area contributed by atoms with Crippen LogP contribution in [0.1, 0.15) is 6.92 Å². The van der Waals surface area contributed by atoms with Gasteiger partial charge in [0.05, 0.1) is 11.6 Å².